The normalized spacial score (nSPS) is 15.1. The van der Waals surface area contributed by atoms with Gasteiger partial charge in [-0.05, 0) is 37.8 Å². The summed E-state index contributed by atoms with van der Waals surface area (Å²) < 4.78 is 5.69. The quantitative estimate of drug-likeness (QED) is 0.856. The number of hydrogen-bond acceptors (Lipinski definition) is 3. The molecule has 0 radical (unpaired) electrons. The monoisotopic (exact) mass is 262 g/mol. The van der Waals surface area contributed by atoms with Crippen molar-refractivity contribution in [2.45, 2.75) is 39.2 Å². The van der Waals surface area contributed by atoms with E-state index in [1.54, 1.807) is 6.92 Å². The fourth-order valence-electron chi connectivity index (χ4n) is 2.16. The Morgan fingerprint density at radius 1 is 1.53 bits per heavy atom. The number of carbonyl (C=O) groups is 1. The molecule has 0 fully saturated rings. The first-order chi connectivity index (χ1) is 9.20. The highest BCUT2D eigenvalue weighted by Crippen LogP contribution is 2.27. The Morgan fingerprint density at radius 2 is 2.37 bits per heavy atom. The molecule has 2 N–H and O–H groups in total. The lowest BCUT2D eigenvalue weighted by Crippen LogP contribution is -2.36. The maximum absolute atomic E-state index is 11.7. The Kier molecular flexibility index (Phi) is 4.66. The molecule has 1 atom stereocenters. The van der Waals surface area contributed by atoms with Crippen LogP contribution in [-0.2, 0) is 11.2 Å². The van der Waals surface area contributed by atoms with Gasteiger partial charge in [0.2, 0.25) is 0 Å². The van der Waals surface area contributed by atoms with Gasteiger partial charge in [-0.25, -0.2) is 0 Å². The summed E-state index contributed by atoms with van der Waals surface area (Å²) >= 11 is 0. The molecular formula is C15H22N2O2. The fraction of sp³-hybridized carbons (Fsp3) is 0.533. The van der Waals surface area contributed by atoms with Gasteiger partial charge in [-0.2, -0.15) is 0 Å². The Hall–Kier alpha value is -1.71. The van der Waals surface area contributed by atoms with Crippen LogP contribution in [0, 0.1) is 0 Å². The number of fused-ring (bicyclic) bond motifs is 1. The van der Waals surface area contributed by atoms with E-state index in [-0.39, 0.29) is 5.91 Å². The van der Waals surface area contributed by atoms with Crippen LogP contribution in [0.15, 0.2) is 18.2 Å². The average Bonchev–Trinajstić information content (AvgIpc) is 2.44. The second-order valence-electron chi connectivity index (χ2n) is 4.90. The van der Waals surface area contributed by atoms with Crippen LogP contribution in [0.1, 0.15) is 32.3 Å². The van der Waals surface area contributed by atoms with Gasteiger partial charge in [0, 0.05) is 24.8 Å². The highest BCUT2D eigenvalue weighted by Gasteiger charge is 2.15. The van der Waals surface area contributed by atoms with Gasteiger partial charge in [-0.3, -0.25) is 4.79 Å². The van der Waals surface area contributed by atoms with E-state index in [0.29, 0.717) is 6.54 Å². The number of ether oxygens (including phenoxy) is 1. The predicted octanol–water partition coefficient (Wildman–Crippen LogP) is 2.34. The zero-order valence-corrected chi connectivity index (χ0v) is 11.7. The van der Waals surface area contributed by atoms with Crippen molar-refractivity contribution >= 4 is 11.6 Å². The first-order valence-electron chi connectivity index (χ1n) is 7.02. The minimum absolute atomic E-state index is 0.0625. The molecule has 2 rings (SSSR count). The van der Waals surface area contributed by atoms with Crippen LogP contribution in [-0.4, -0.2) is 25.1 Å². The molecule has 0 bridgehead atoms. The van der Waals surface area contributed by atoms with Crippen molar-refractivity contribution in [2.75, 3.05) is 18.4 Å². The smallest absolute Gasteiger partial charge is 0.260 e. The van der Waals surface area contributed by atoms with Gasteiger partial charge in [0.1, 0.15) is 5.75 Å². The molecule has 0 saturated carbocycles. The molecule has 104 valence electrons. The van der Waals surface area contributed by atoms with Crippen LogP contribution in [0.4, 0.5) is 5.69 Å². The number of rotatable bonds is 5. The molecule has 1 aliphatic rings. The van der Waals surface area contributed by atoms with Crippen LogP contribution >= 0.6 is 0 Å². The van der Waals surface area contributed by atoms with Crippen molar-refractivity contribution < 1.29 is 9.53 Å². The van der Waals surface area contributed by atoms with Gasteiger partial charge in [-0.15, -0.1) is 0 Å². The van der Waals surface area contributed by atoms with E-state index < -0.39 is 6.10 Å². The van der Waals surface area contributed by atoms with Gasteiger partial charge in [0.15, 0.2) is 6.10 Å². The summed E-state index contributed by atoms with van der Waals surface area (Å²) in [5, 5.41) is 6.19. The summed E-state index contributed by atoms with van der Waals surface area (Å²) in [5.41, 5.74) is 2.45. The van der Waals surface area contributed by atoms with E-state index in [2.05, 4.69) is 16.7 Å². The van der Waals surface area contributed by atoms with Gasteiger partial charge < -0.3 is 15.4 Å². The van der Waals surface area contributed by atoms with Crippen molar-refractivity contribution in [1.29, 1.82) is 0 Å². The summed E-state index contributed by atoms with van der Waals surface area (Å²) in [6.45, 7) is 5.50. The van der Waals surface area contributed by atoms with Crippen LogP contribution in [0.25, 0.3) is 0 Å². The molecule has 4 nitrogen and oxygen atoms in total. The van der Waals surface area contributed by atoms with Crippen molar-refractivity contribution in [3.63, 3.8) is 0 Å². The SMILES string of the molecule is CCCNC(=O)C(C)Oc1ccc2c(c1)NCCC2. The van der Waals surface area contributed by atoms with Crippen LogP contribution in [0.5, 0.6) is 5.75 Å². The number of anilines is 1. The Bertz CT molecular complexity index is 446. The van der Waals surface area contributed by atoms with Gasteiger partial charge in [0.05, 0.1) is 0 Å². The first kappa shape index (κ1) is 13.7. The lowest BCUT2D eigenvalue weighted by molar-refractivity contribution is -0.127. The summed E-state index contributed by atoms with van der Waals surface area (Å²) in [7, 11) is 0. The summed E-state index contributed by atoms with van der Waals surface area (Å²) in [5.74, 6) is 0.680. The molecule has 1 heterocycles. The zero-order valence-electron chi connectivity index (χ0n) is 11.7. The molecule has 0 saturated heterocycles. The third-order valence-electron chi connectivity index (χ3n) is 3.25. The van der Waals surface area contributed by atoms with E-state index in [4.69, 9.17) is 4.74 Å². The van der Waals surface area contributed by atoms with E-state index in [1.165, 1.54) is 12.0 Å². The van der Waals surface area contributed by atoms with Crippen molar-refractivity contribution in [1.82, 2.24) is 5.32 Å². The zero-order chi connectivity index (χ0) is 13.7. The lowest BCUT2D eigenvalue weighted by Gasteiger charge is -2.20. The molecule has 1 unspecified atom stereocenters. The Balaban J connectivity index is 1.97. The van der Waals surface area contributed by atoms with Gasteiger partial charge >= 0.3 is 0 Å². The van der Waals surface area contributed by atoms with Gasteiger partial charge in [-0.1, -0.05) is 13.0 Å². The van der Waals surface area contributed by atoms with Crippen LogP contribution in [0.3, 0.4) is 0 Å². The third kappa shape index (κ3) is 3.63. The predicted molar refractivity (Wildman–Crippen MR) is 76.6 cm³/mol. The van der Waals surface area contributed by atoms with E-state index in [9.17, 15) is 4.79 Å². The topological polar surface area (TPSA) is 50.4 Å². The van der Waals surface area contributed by atoms with Gasteiger partial charge in [0.25, 0.3) is 5.91 Å². The maximum Gasteiger partial charge on any atom is 0.260 e. The van der Waals surface area contributed by atoms with E-state index in [1.807, 2.05) is 19.1 Å². The highest BCUT2D eigenvalue weighted by molar-refractivity contribution is 5.80. The number of nitrogens with one attached hydrogen (secondary N) is 2. The molecule has 0 aliphatic carbocycles. The maximum atomic E-state index is 11.7. The second kappa shape index (κ2) is 6.45. The highest BCUT2D eigenvalue weighted by atomic mass is 16.5. The third-order valence-corrected chi connectivity index (χ3v) is 3.25. The molecule has 1 aromatic carbocycles. The molecule has 0 spiro atoms. The van der Waals surface area contributed by atoms with E-state index in [0.717, 1.165) is 30.8 Å². The molecule has 4 heteroatoms. The molecule has 1 amide bonds. The summed E-state index contributed by atoms with van der Waals surface area (Å²) in [6.07, 6.45) is 2.74. The average molecular weight is 262 g/mol. The largest absolute Gasteiger partial charge is 0.481 e. The number of amides is 1. The van der Waals surface area contributed by atoms with Crippen molar-refractivity contribution in [3.8, 4) is 5.75 Å². The second-order valence-corrected chi connectivity index (χ2v) is 4.90. The molecule has 0 aromatic heterocycles. The van der Waals surface area contributed by atoms with E-state index >= 15 is 0 Å². The minimum Gasteiger partial charge on any atom is -0.481 e. The number of carbonyl (C=O) groups excluding carboxylic acids is 1. The molecule has 1 aliphatic heterocycles. The van der Waals surface area contributed by atoms with Crippen molar-refractivity contribution in [2.24, 2.45) is 0 Å². The number of aryl methyl sites for hydroxylation is 1. The molecule has 1 aromatic rings. The molecule has 19 heavy (non-hydrogen) atoms. The summed E-state index contributed by atoms with van der Waals surface area (Å²) in [6, 6.07) is 6.00. The lowest BCUT2D eigenvalue weighted by atomic mass is 10.0. The van der Waals surface area contributed by atoms with Crippen LogP contribution in [0.2, 0.25) is 0 Å². The van der Waals surface area contributed by atoms with Crippen molar-refractivity contribution in [3.05, 3.63) is 23.8 Å². The van der Waals surface area contributed by atoms with Crippen LogP contribution < -0.4 is 15.4 Å². The number of hydrogen-bond donors (Lipinski definition) is 2. The standard InChI is InChI=1S/C15H22N2O2/c1-3-8-17-15(18)11(2)19-13-7-6-12-5-4-9-16-14(12)10-13/h6-7,10-11,16H,3-5,8-9H2,1-2H3,(H,17,18). The molecular weight excluding hydrogens is 240 g/mol. The number of benzene rings is 1. The first-order valence-corrected chi connectivity index (χ1v) is 7.02. The Labute approximate surface area is 114 Å². The summed E-state index contributed by atoms with van der Waals surface area (Å²) in [4.78, 5) is 11.7. The minimum atomic E-state index is -0.465. The fourth-order valence-corrected chi connectivity index (χ4v) is 2.16. The Morgan fingerprint density at radius 3 is 3.16 bits per heavy atom.